The van der Waals surface area contributed by atoms with Gasteiger partial charge in [-0.15, -0.1) is 0 Å². The highest BCUT2D eigenvalue weighted by Crippen LogP contribution is 2.81. The van der Waals surface area contributed by atoms with Gasteiger partial charge < -0.3 is 9.47 Å². The van der Waals surface area contributed by atoms with Crippen LogP contribution >= 0.6 is 12.2 Å². The van der Waals surface area contributed by atoms with Gasteiger partial charge in [0.2, 0.25) is 0 Å². The summed E-state index contributed by atoms with van der Waals surface area (Å²) in [5.41, 5.74) is 2.49. The van der Waals surface area contributed by atoms with Gasteiger partial charge in [0, 0.05) is 12.2 Å². The maximum atomic E-state index is 5.91. The zero-order valence-corrected chi connectivity index (χ0v) is 12.8. The van der Waals surface area contributed by atoms with Crippen LogP contribution in [0.5, 0.6) is 0 Å². The van der Waals surface area contributed by atoms with Gasteiger partial charge in [-0.25, -0.2) is 0 Å². The van der Waals surface area contributed by atoms with Crippen LogP contribution in [0.1, 0.15) is 46.5 Å². The Morgan fingerprint density at radius 1 is 1.32 bits per heavy atom. The number of allylic oxidation sites excluding steroid dienone is 2. The van der Waals surface area contributed by atoms with Crippen LogP contribution in [0.25, 0.3) is 0 Å². The summed E-state index contributed by atoms with van der Waals surface area (Å²) in [5, 5.41) is 0.366. The highest BCUT2D eigenvalue weighted by molar-refractivity contribution is 7.79. The Hall–Kier alpha value is -0.570. The van der Waals surface area contributed by atoms with Crippen molar-refractivity contribution in [1.29, 1.82) is 0 Å². The van der Waals surface area contributed by atoms with E-state index in [9.17, 15) is 0 Å². The zero-order valence-electron chi connectivity index (χ0n) is 12.0. The third kappa shape index (κ3) is 1.10. The Labute approximate surface area is 120 Å². The molecule has 5 atom stereocenters. The maximum absolute atomic E-state index is 5.91. The summed E-state index contributed by atoms with van der Waals surface area (Å²) in [5.74, 6) is 0.606. The van der Waals surface area contributed by atoms with E-state index in [0.717, 1.165) is 13.0 Å². The molecule has 2 nitrogen and oxygen atoms in total. The monoisotopic (exact) mass is 278 g/mol. The van der Waals surface area contributed by atoms with Gasteiger partial charge in [-0.2, -0.15) is 0 Å². The highest BCUT2D eigenvalue weighted by Gasteiger charge is 2.81. The molecular formula is C16H22O2S. The molecule has 0 unspecified atom stereocenters. The minimum Gasteiger partial charge on any atom is -0.456 e. The smallest absolute Gasteiger partial charge is 0.352 e. The molecule has 1 aliphatic heterocycles. The predicted molar refractivity (Wildman–Crippen MR) is 77.8 cm³/mol. The quantitative estimate of drug-likeness (QED) is 0.495. The van der Waals surface area contributed by atoms with Gasteiger partial charge in [0.15, 0.2) is 0 Å². The first-order valence-corrected chi connectivity index (χ1v) is 7.86. The van der Waals surface area contributed by atoms with Crippen LogP contribution in [0, 0.1) is 22.2 Å². The van der Waals surface area contributed by atoms with E-state index in [1.807, 2.05) is 0 Å². The average molecular weight is 278 g/mol. The lowest BCUT2D eigenvalue weighted by molar-refractivity contribution is -0.286. The molecule has 1 saturated heterocycles. The predicted octanol–water partition coefficient (Wildman–Crippen LogP) is 3.85. The molecule has 0 bridgehead atoms. The molecule has 4 aliphatic rings. The van der Waals surface area contributed by atoms with Gasteiger partial charge in [-0.3, -0.25) is 0 Å². The number of hydrogen-bond donors (Lipinski definition) is 0. The first-order valence-electron chi connectivity index (χ1n) is 7.45. The second kappa shape index (κ2) is 3.36. The second-order valence-corrected chi connectivity index (χ2v) is 7.80. The lowest BCUT2D eigenvalue weighted by Crippen LogP contribution is -2.74. The van der Waals surface area contributed by atoms with Crippen molar-refractivity contribution in [2.24, 2.45) is 22.2 Å². The molecule has 1 spiro atoms. The molecule has 3 aliphatic carbocycles. The number of fused-ring (bicyclic) bond motifs is 2. The van der Waals surface area contributed by atoms with Crippen LogP contribution in [0.4, 0.5) is 0 Å². The SMILES string of the molecule is CC1=C[C@H]2[C@]34COC(=S)O[C@@H]3CC[C@]4(C)[C@@]2(C)CC1. The molecule has 0 radical (unpaired) electrons. The van der Waals surface area contributed by atoms with E-state index in [1.54, 1.807) is 0 Å². The van der Waals surface area contributed by atoms with Crippen LogP contribution in [0.2, 0.25) is 0 Å². The summed E-state index contributed by atoms with van der Waals surface area (Å²) >= 11 is 5.12. The van der Waals surface area contributed by atoms with Crippen molar-refractivity contribution in [3.63, 3.8) is 0 Å². The third-order valence-corrected chi connectivity index (χ3v) is 7.38. The van der Waals surface area contributed by atoms with Crippen molar-refractivity contribution in [2.75, 3.05) is 6.61 Å². The summed E-state index contributed by atoms with van der Waals surface area (Å²) in [6, 6.07) is 0. The molecular weight excluding hydrogens is 256 g/mol. The maximum Gasteiger partial charge on any atom is 0.352 e. The normalized spacial score (nSPS) is 54.9. The van der Waals surface area contributed by atoms with Gasteiger partial charge in [0.1, 0.15) is 12.7 Å². The van der Waals surface area contributed by atoms with Gasteiger partial charge >= 0.3 is 5.24 Å². The molecule has 3 fully saturated rings. The average Bonchev–Trinajstić information content (AvgIpc) is 2.65. The molecule has 1 heterocycles. The Balaban J connectivity index is 1.83. The van der Waals surface area contributed by atoms with E-state index in [1.165, 1.54) is 24.8 Å². The fourth-order valence-corrected chi connectivity index (χ4v) is 6.06. The van der Waals surface area contributed by atoms with Crippen LogP contribution in [-0.2, 0) is 9.47 Å². The van der Waals surface area contributed by atoms with Crippen molar-refractivity contribution in [1.82, 2.24) is 0 Å². The van der Waals surface area contributed by atoms with Gasteiger partial charge in [-0.05, 0) is 49.4 Å². The van der Waals surface area contributed by atoms with Gasteiger partial charge in [0.05, 0.1) is 5.41 Å². The zero-order chi connectivity index (χ0) is 13.5. The van der Waals surface area contributed by atoms with Crippen LogP contribution in [-0.4, -0.2) is 17.9 Å². The van der Waals surface area contributed by atoms with E-state index in [4.69, 9.17) is 21.7 Å². The largest absolute Gasteiger partial charge is 0.456 e. The topological polar surface area (TPSA) is 18.5 Å². The summed E-state index contributed by atoms with van der Waals surface area (Å²) in [6.07, 6.45) is 7.76. The van der Waals surface area contributed by atoms with E-state index < -0.39 is 0 Å². The summed E-state index contributed by atoms with van der Waals surface area (Å²) in [4.78, 5) is 0. The van der Waals surface area contributed by atoms with E-state index in [0.29, 0.717) is 22.0 Å². The van der Waals surface area contributed by atoms with Crippen molar-refractivity contribution in [2.45, 2.75) is 52.6 Å². The third-order valence-electron chi connectivity index (χ3n) is 7.17. The van der Waals surface area contributed by atoms with E-state index >= 15 is 0 Å². The molecule has 2 saturated carbocycles. The Morgan fingerprint density at radius 3 is 2.89 bits per heavy atom. The Kier molecular flexibility index (Phi) is 2.16. The van der Waals surface area contributed by atoms with Crippen molar-refractivity contribution in [3.8, 4) is 0 Å². The van der Waals surface area contributed by atoms with Gasteiger partial charge in [0.25, 0.3) is 0 Å². The lowest BCUT2D eigenvalue weighted by atomic mass is 9.31. The second-order valence-electron chi connectivity index (χ2n) is 7.46. The molecule has 0 amide bonds. The molecule has 19 heavy (non-hydrogen) atoms. The highest BCUT2D eigenvalue weighted by atomic mass is 32.1. The number of rotatable bonds is 0. The van der Waals surface area contributed by atoms with Crippen LogP contribution < -0.4 is 0 Å². The van der Waals surface area contributed by atoms with Crippen molar-refractivity contribution in [3.05, 3.63) is 11.6 Å². The van der Waals surface area contributed by atoms with Crippen LogP contribution in [0.15, 0.2) is 11.6 Å². The number of hydrogen-bond acceptors (Lipinski definition) is 3. The minimum atomic E-state index is 0.172. The number of thiocarbonyl (C=S) groups is 1. The fraction of sp³-hybridized carbons (Fsp3) is 0.812. The molecule has 0 aromatic carbocycles. The molecule has 0 aromatic rings. The number of ether oxygens (including phenoxy) is 2. The van der Waals surface area contributed by atoms with Gasteiger partial charge in [-0.1, -0.05) is 25.5 Å². The molecule has 3 heteroatoms. The first kappa shape index (κ1) is 12.2. The molecule has 4 rings (SSSR count). The van der Waals surface area contributed by atoms with Crippen molar-refractivity contribution >= 4 is 17.5 Å². The van der Waals surface area contributed by atoms with E-state index in [2.05, 4.69) is 26.8 Å². The fourth-order valence-electron chi connectivity index (χ4n) is 5.88. The summed E-state index contributed by atoms with van der Waals surface area (Å²) in [7, 11) is 0. The Bertz CT molecular complexity index is 499. The van der Waals surface area contributed by atoms with E-state index in [-0.39, 0.29) is 11.5 Å². The van der Waals surface area contributed by atoms with Crippen LogP contribution in [0.3, 0.4) is 0 Å². The molecule has 104 valence electrons. The standard InChI is InChI=1S/C16H22O2S/c1-10-4-6-14(2)11(8-10)16-9-17-13(19)18-12(16)5-7-15(14,16)3/h8,11-12H,4-7,9H2,1-3H3/t11-,12-,14+,15-,16-/m1/s1. The Morgan fingerprint density at radius 2 is 2.11 bits per heavy atom. The lowest BCUT2D eigenvalue weighted by Gasteiger charge is -2.74. The summed E-state index contributed by atoms with van der Waals surface area (Å²) < 4.78 is 11.6. The van der Waals surface area contributed by atoms with Crippen molar-refractivity contribution < 1.29 is 9.47 Å². The minimum absolute atomic E-state index is 0.172. The molecule has 0 aromatic heterocycles. The first-order chi connectivity index (χ1) is 8.94. The molecule has 0 N–H and O–H groups in total. The summed E-state index contributed by atoms with van der Waals surface area (Å²) in [6.45, 7) is 7.99.